The number of amides is 4. The predicted octanol–water partition coefficient (Wildman–Crippen LogP) is 3.56. The van der Waals surface area contributed by atoms with E-state index < -0.39 is 23.9 Å². The summed E-state index contributed by atoms with van der Waals surface area (Å²) in [4.78, 5) is 56.7. The van der Waals surface area contributed by atoms with Gasteiger partial charge in [-0.05, 0) is 81.5 Å². The summed E-state index contributed by atoms with van der Waals surface area (Å²) >= 11 is 6.11. The number of nitrogens with zero attached hydrogens (tertiary/aromatic N) is 2. The summed E-state index contributed by atoms with van der Waals surface area (Å²) in [6.07, 6.45) is 2.53. The second-order valence-corrected chi connectivity index (χ2v) is 12.0. The lowest BCUT2D eigenvalue weighted by Crippen LogP contribution is -2.56. The van der Waals surface area contributed by atoms with Gasteiger partial charge < -0.3 is 26.2 Å². The second-order valence-electron chi connectivity index (χ2n) is 11.6. The van der Waals surface area contributed by atoms with E-state index in [9.17, 15) is 19.2 Å². The van der Waals surface area contributed by atoms with E-state index in [0.29, 0.717) is 23.7 Å². The van der Waals surface area contributed by atoms with E-state index in [2.05, 4.69) is 10.6 Å². The number of anilines is 1. The van der Waals surface area contributed by atoms with Crippen molar-refractivity contribution in [2.45, 2.75) is 83.5 Å². The van der Waals surface area contributed by atoms with Crippen molar-refractivity contribution in [1.82, 2.24) is 15.1 Å². The van der Waals surface area contributed by atoms with Crippen molar-refractivity contribution in [3.05, 3.63) is 64.2 Å². The Hall–Kier alpha value is -3.43. The summed E-state index contributed by atoms with van der Waals surface area (Å²) in [5.41, 5.74) is 8.88. The minimum absolute atomic E-state index is 0.0139. The van der Waals surface area contributed by atoms with Crippen LogP contribution in [0.2, 0.25) is 5.02 Å². The van der Waals surface area contributed by atoms with Gasteiger partial charge in [-0.1, -0.05) is 35.9 Å². The zero-order valence-electron chi connectivity index (χ0n) is 24.0. The summed E-state index contributed by atoms with van der Waals surface area (Å²) in [7, 11) is 0. The summed E-state index contributed by atoms with van der Waals surface area (Å²) in [6, 6.07) is 11.1. The first-order valence-corrected chi connectivity index (χ1v) is 14.6. The van der Waals surface area contributed by atoms with Crippen LogP contribution in [0.4, 0.5) is 5.69 Å². The summed E-state index contributed by atoms with van der Waals surface area (Å²) in [6.45, 7) is 7.07. The highest BCUT2D eigenvalue weighted by atomic mass is 35.5. The van der Waals surface area contributed by atoms with Gasteiger partial charge in [-0.3, -0.25) is 19.2 Å². The van der Waals surface area contributed by atoms with Crippen molar-refractivity contribution in [2.75, 3.05) is 18.4 Å². The van der Waals surface area contributed by atoms with Gasteiger partial charge in [-0.25, -0.2) is 0 Å². The summed E-state index contributed by atoms with van der Waals surface area (Å²) in [5, 5.41) is 6.26. The van der Waals surface area contributed by atoms with Crippen LogP contribution in [0.15, 0.2) is 42.5 Å². The number of hydrogen-bond acceptors (Lipinski definition) is 5. The maximum atomic E-state index is 13.7. The topological polar surface area (TPSA) is 125 Å². The monoisotopic (exact) mass is 581 g/mol. The Bertz CT molecular complexity index is 1310. The molecule has 1 fully saturated rings. The van der Waals surface area contributed by atoms with Gasteiger partial charge in [-0.2, -0.15) is 0 Å². The number of nitrogens with one attached hydrogen (secondary N) is 2. The molecule has 0 radical (unpaired) electrons. The average Bonchev–Trinajstić information content (AvgIpc) is 3.31. The number of aryl methyl sites for hydroxylation is 1. The first kappa shape index (κ1) is 30.5. The van der Waals surface area contributed by atoms with Crippen LogP contribution in [0.3, 0.4) is 0 Å². The van der Waals surface area contributed by atoms with Gasteiger partial charge >= 0.3 is 0 Å². The summed E-state index contributed by atoms with van der Waals surface area (Å²) < 4.78 is 0. The number of benzene rings is 2. The average molecular weight is 582 g/mol. The molecule has 2 heterocycles. The first-order valence-electron chi connectivity index (χ1n) is 14.2. The number of hydrogen-bond donors (Lipinski definition) is 3. The highest BCUT2D eigenvalue weighted by Crippen LogP contribution is 2.30. The molecule has 0 saturated carbocycles. The Kier molecular flexibility index (Phi) is 9.71. The minimum atomic E-state index is -0.892. The normalized spacial score (nSPS) is 18.4. The van der Waals surface area contributed by atoms with Gasteiger partial charge in [0, 0.05) is 48.6 Å². The van der Waals surface area contributed by atoms with Crippen LogP contribution in [0.25, 0.3) is 0 Å². The lowest BCUT2D eigenvalue weighted by molar-refractivity contribution is -0.144. The largest absolute Gasteiger partial charge is 0.342 e. The molecule has 9 nitrogen and oxygen atoms in total. The lowest BCUT2D eigenvalue weighted by atomic mass is 9.92. The molecule has 0 bridgehead atoms. The Labute approximate surface area is 246 Å². The van der Waals surface area contributed by atoms with Crippen LogP contribution in [0, 0.1) is 6.92 Å². The van der Waals surface area contributed by atoms with Gasteiger partial charge in [0.1, 0.15) is 12.1 Å². The highest BCUT2D eigenvalue weighted by molar-refractivity contribution is 6.31. The van der Waals surface area contributed by atoms with Crippen molar-refractivity contribution < 1.29 is 19.2 Å². The zero-order valence-corrected chi connectivity index (χ0v) is 24.8. The molecule has 1 saturated heterocycles. The molecule has 2 aliphatic heterocycles. The fourth-order valence-corrected chi connectivity index (χ4v) is 5.85. The van der Waals surface area contributed by atoms with Crippen LogP contribution in [0.1, 0.15) is 62.6 Å². The number of halogens is 1. The van der Waals surface area contributed by atoms with Gasteiger partial charge in [0.2, 0.25) is 23.6 Å². The van der Waals surface area contributed by atoms with Gasteiger partial charge in [0.15, 0.2) is 0 Å². The van der Waals surface area contributed by atoms with Crippen molar-refractivity contribution in [2.24, 2.45) is 5.73 Å². The molecule has 2 aliphatic rings. The Morgan fingerprint density at radius 3 is 2.44 bits per heavy atom. The van der Waals surface area contributed by atoms with Crippen LogP contribution < -0.4 is 16.4 Å². The molecular formula is C31H40ClN5O4. The molecule has 10 heteroatoms. The van der Waals surface area contributed by atoms with E-state index in [4.69, 9.17) is 17.3 Å². The SMILES string of the molecule is Cc1cc(NC(=O)[C@H](CCN)NC(=O)[C@@H]2Cc3ccccc3CN2C(=O)CCC(=O)N2CCCC2(C)C)ccc1Cl. The quantitative estimate of drug-likeness (QED) is 0.418. The molecular weight excluding hydrogens is 542 g/mol. The molecule has 220 valence electrons. The van der Waals surface area contributed by atoms with E-state index in [1.54, 1.807) is 23.1 Å². The number of fused-ring (bicyclic) bond motifs is 1. The highest BCUT2D eigenvalue weighted by Gasteiger charge is 2.38. The molecule has 0 unspecified atom stereocenters. The first-order chi connectivity index (χ1) is 19.5. The number of carbonyl (C=O) groups excluding carboxylic acids is 4. The molecule has 41 heavy (non-hydrogen) atoms. The fourth-order valence-electron chi connectivity index (χ4n) is 5.74. The maximum Gasteiger partial charge on any atom is 0.246 e. The molecule has 0 aliphatic carbocycles. The summed E-state index contributed by atoms with van der Waals surface area (Å²) in [5.74, 6) is -1.14. The molecule has 4 rings (SSSR count). The van der Waals surface area contributed by atoms with E-state index in [1.807, 2.05) is 49.9 Å². The molecule has 4 amide bonds. The molecule has 0 spiro atoms. The van der Waals surface area contributed by atoms with E-state index in [-0.39, 0.29) is 49.7 Å². The molecule has 4 N–H and O–H groups in total. The van der Waals surface area contributed by atoms with Gasteiger partial charge in [0.25, 0.3) is 0 Å². The Morgan fingerprint density at radius 2 is 1.78 bits per heavy atom. The maximum absolute atomic E-state index is 13.7. The Morgan fingerprint density at radius 1 is 1.07 bits per heavy atom. The third-order valence-corrected chi connectivity index (χ3v) is 8.56. The third-order valence-electron chi connectivity index (χ3n) is 8.14. The van der Waals surface area contributed by atoms with Crippen LogP contribution in [-0.4, -0.2) is 64.1 Å². The van der Waals surface area contributed by atoms with Gasteiger partial charge in [0.05, 0.1) is 0 Å². The van der Waals surface area contributed by atoms with Crippen molar-refractivity contribution in [3.8, 4) is 0 Å². The number of likely N-dealkylation sites (tertiary alicyclic amines) is 1. The van der Waals surface area contributed by atoms with Crippen molar-refractivity contribution >= 4 is 40.9 Å². The van der Waals surface area contributed by atoms with Crippen molar-refractivity contribution in [1.29, 1.82) is 0 Å². The molecule has 0 aromatic heterocycles. The second kappa shape index (κ2) is 13.0. The van der Waals surface area contributed by atoms with Crippen LogP contribution >= 0.6 is 11.6 Å². The van der Waals surface area contributed by atoms with Crippen LogP contribution in [-0.2, 0) is 32.1 Å². The third kappa shape index (κ3) is 7.26. The van der Waals surface area contributed by atoms with Gasteiger partial charge in [-0.15, -0.1) is 0 Å². The van der Waals surface area contributed by atoms with Crippen LogP contribution in [0.5, 0.6) is 0 Å². The van der Waals surface area contributed by atoms with E-state index in [0.717, 1.165) is 29.5 Å². The lowest BCUT2D eigenvalue weighted by Gasteiger charge is -2.37. The fraction of sp³-hybridized carbons (Fsp3) is 0.484. The number of carbonyl (C=O) groups is 4. The molecule has 2 aromatic carbocycles. The number of rotatable bonds is 9. The minimum Gasteiger partial charge on any atom is -0.342 e. The molecule has 2 atom stereocenters. The standard InChI is InChI=1S/C31H40ClN5O4/c1-20-17-23(9-10-24(20)32)34-29(40)25(13-15-33)35-30(41)26-18-21-7-4-5-8-22(21)19-36(26)27(38)11-12-28(39)37-16-6-14-31(37,2)3/h4-5,7-10,17,25-26H,6,11-16,18-19,33H2,1-3H3,(H,34,40)(H,35,41)/t25-,26-/m0/s1. The number of nitrogens with two attached hydrogens (primary N) is 1. The van der Waals surface area contributed by atoms with E-state index >= 15 is 0 Å². The zero-order chi connectivity index (χ0) is 29.7. The molecule has 2 aromatic rings. The van der Waals surface area contributed by atoms with E-state index in [1.165, 1.54) is 0 Å². The smallest absolute Gasteiger partial charge is 0.246 e. The van der Waals surface area contributed by atoms with Crippen molar-refractivity contribution in [3.63, 3.8) is 0 Å². The predicted molar refractivity (Wildman–Crippen MR) is 159 cm³/mol. The Balaban J connectivity index is 1.47.